The normalized spacial score (nSPS) is 11.3. The maximum Gasteiger partial charge on any atom is 0.328 e. The van der Waals surface area contributed by atoms with Gasteiger partial charge in [-0.1, -0.05) is 11.6 Å². The minimum absolute atomic E-state index is 0.608. The van der Waals surface area contributed by atoms with E-state index in [0.29, 0.717) is 10.8 Å². The average molecular weight is 266 g/mol. The Morgan fingerprint density at radius 3 is 2.83 bits per heavy atom. The predicted octanol–water partition coefficient (Wildman–Crippen LogP) is 2.94. The Balaban J connectivity index is 2.69. The molecule has 0 fully saturated rings. The third kappa shape index (κ3) is 2.07. The monoisotopic (exact) mass is 265 g/mol. The molecular formula is C13H12ClNO3. The summed E-state index contributed by atoms with van der Waals surface area (Å²) in [5.41, 5.74) is 1.59. The van der Waals surface area contributed by atoms with Gasteiger partial charge in [-0.25, -0.2) is 4.79 Å². The summed E-state index contributed by atoms with van der Waals surface area (Å²) in [7, 11) is 3.42. The van der Waals surface area contributed by atoms with Crippen molar-refractivity contribution in [2.75, 3.05) is 7.11 Å². The molecular weight excluding hydrogens is 254 g/mol. The highest BCUT2D eigenvalue weighted by Crippen LogP contribution is 2.33. The van der Waals surface area contributed by atoms with Crippen LogP contribution in [0.4, 0.5) is 0 Å². The van der Waals surface area contributed by atoms with Crippen LogP contribution in [-0.2, 0) is 11.8 Å². The molecule has 18 heavy (non-hydrogen) atoms. The molecule has 0 unspecified atom stereocenters. The van der Waals surface area contributed by atoms with Crippen molar-refractivity contribution in [3.8, 4) is 5.75 Å². The molecule has 1 heterocycles. The molecule has 94 valence electrons. The molecule has 0 aliphatic heterocycles. The minimum Gasteiger partial charge on any atom is -0.495 e. The zero-order valence-electron chi connectivity index (χ0n) is 9.98. The summed E-state index contributed by atoms with van der Waals surface area (Å²) < 4.78 is 7.13. The van der Waals surface area contributed by atoms with Gasteiger partial charge in [0, 0.05) is 24.2 Å². The molecule has 0 aliphatic rings. The fourth-order valence-corrected chi connectivity index (χ4v) is 2.11. The van der Waals surface area contributed by atoms with Crippen LogP contribution < -0.4 is 4.74 Å². The first kappa shape index (κ1) is 12.5. The van der Waals surface area contributed by atoms with E-state index in [4.69, 9.17) is 21.4 Å². The molecule has 0 amide bonds. The Hall–Kier alpha value is -1.94. The van der Waals surface area contributed by atoms with Gasteiger partial charge in [-0.05, 0) is 24.3 Å². The van der Waals surface area contributed by atoms with Gasteiger partial charge >= 0.3 is 5.97 Å². The van der Waals surface area contributed by atoms with E-state index in [1.807, 2.05) is 17.7 Å². The summed E-state index contributed by atoms with van der Waals surface area (Å²) in [5, 5.41) is 10.1. The van der Waals surface area contributed by atoms with E-state index in [9.17, 15) is 4.79 Å². The van der Waals surface area contributed by atoms with Crippen LogP contribution in [0.25, 0.3) is 17.0 Å². The lowest BCUT2D eigenvalue weighted by Crippen LogP contribution is -1.94. The van der Waals surface area contributed by atoms with E-state index < -0.39 is 5.97 Å². The lowest BCUT2D eigenvalue weighted by Gasteiger charge is -2.06. The molecule has 0 aliphatic carbocycles. The van der Waals surface area contributed by atoms with Crippen molar-refractivity contribution in [2.24, 2.45) is 7.05 Å². The van der Waals surface area contributed by atoms with Crippen LogP contribution in [0.3, 0.4) is 0 Å². The van der Waals surface area contributed by atoms with Crippen molar-refractivity contribution < 1.29 is 14.6 Å². The first-order valence-corrected chi connectivity index (χ1v) is 5.65. The maximum absolute atomic E-state index is 10.5. The Morgan fingerprint density at radius 1 is 1.50 bits per heavy atom. The van der Waals surface area contributed by atoms with Crippen LogP contribution in [0.2, 0.25) is 5.02 Å². The number of rotatable bonds is 3. The molecule has 1 aromatic carbocycles. The number of carboxylic acids is 1. The number of fused-ring (bicyclic) bond motifs is 1. The predicted molar refractivity (Wildman–Crippen MR) is 71.2 cm³/mol. The van der Waals surface area contributed by atoms with Gasteiger partial charge in [-0.2, -0.15) is 0 Å². The largest absolute Gasteiger partial charge is 0.495 e. The van der Waals surface area contributed by atoms with Gasteiger partial charge in [0.05, 0.1) is 17.6 Å². The minimum atomic E-state index is -0.988. The molecule has 0 saturated carbocycles. The second-order valence-electron chi connectivity index (χ2n) is 3.81. The highest BCUT2D eigenvalue weighted by atomic mass is 35.5. The van der Waals surface area contributed by atoms with Crippen LogP contribution in [0.15, 0.2) is 24.3 Å². The summed E-state index contributed by atoms with van der Waals surface area (Å²) in [6, 6.07) is 5.38. The van der Waals surface area contributed by atoms with E-state index in [-0.39, 0.29) is 0 Å². The number of nitrogens with zero attached hydrogens (tertiary/aromatic N) is 1. The van der Waals surface area contributed by atoms with Gasteiger partial charge in [0.15, 0.2) is 0 Å². The van der Waals surface area contributed by atoms with Crippen LogP contribution in [0.1, 0.15) is 5.69 Å². The van der Waals surface area contributed by atoms with E-state index in [2.05, 4.69) is 0 Å². The summed E-state index contributed by atoms with van der Waals surface area (Å²) in [6.07, 6.45) is 2.62. The van der Waals surface area contributed by atoms with Crippen molar-refractivity contribution in [1.29, 1.82) is 0 Å². The number of benzene rings is 1. The zero-order chi connectivity index (χ0) is 13.3. The first-order valence-electron chi connectivity index (χ1n) is 5.27. The molecule has 1 aromatic heterocycles. The Labute approximate surface area is 109 Å². The van der Waals surface area contributed by atoms with Gasteiger partial charge in [0.2, 0.25) is 0 Å². The molecule has 1 N–H and O–H groups in total. The van der Waals surface area contributed by atoms with E-state index in [1.165, 1.54) is 6.08 Å². The third-order valence-electron chi connectivity index (χ3n) is 2.76. The number of aryl methyl sites for hydroxylation is 1. The van der Waals surface area contributed by atoms with Gasteiger partial charge in [-0.15, -0.1) is 0 Å². The lowest BCUT2D eigenvalue weighted by molar-refractivity contribution is -0.131. The fourth-order valence-electron chi connectivity index (χ4n) is 1.90. The number of hydrogen-bond acceptors (Lipinski definition) is 2. The summed E-state index contributed by atoms with van der Waals surface area (Å²) in [6.45, 7) is 0. The topological polar surface area (TPSA) is 51.5 Å². The average Bonchev–Trinajstić information content (AvgIpc) is 2.66. The zero-order valence-corrected chi connectivity index (χ0v) is 10.7. The second kappa shape index (κ2) is 4.74. The SMILES string of the molecule is COc1ccc(Cl)c2cc(/C=C/C(=O)O)n(C)c12. The number of carbonyl (C=O) groups is 1. The standard InChI is InChI=1S/C13H12ClNO3/c1-15-8(3-6-12(16)17)7-9-10(14)4-5-11(18-2)13(9)15/h3-7H,1-2H3,(H,16,17)/b6-3+. The van der Waals surface area contributed by atoms with Crippen LogP contribution in [0, 0.1) is 0 Å². The molecule has 4 nitrogen and oxygen atoms in total. The van der Waals surface area contributed by atoms with Crippen molar-refractivity contribution in [1.82, 2.24) is 4.57 Å². The maximum atomic E-state index is 10.5. The highest BCUT2D eigenvalue weighted by Gasteiger charge is 2.11. The number of aromatic nitrogens is 1. The summed E-state index contributed by atoms with van der Waals surface area (Å²) >= 11 is 6.12. The Bertz CT molecular complexity index is 643. The summed E-state index contributed by atoms with van der Waals surface area (Å²) in [4.78, 5) is 10.5. The number of hydrogen-bond donors (Lipinski definition) is 1. The van der Waals surface area contributed by atoms with Gasteiger partial charge in [0.25, 0.3) is 0 Å². The number of carboxylic acid groups (broad SMARTS) is 1. The second-order valence-corrected chi connectivity index (χ2v) is 4.22. The van der Waals surface area contributed by atoms with Crippen molar-refractivity contribution in [3.63, 3.8) is 0 Å². The highest BCUT2D eigenvalue weighted by molar-refractivity contribution is 6.35. The summed E-state index contributed by atoms with van der Waals surface area (Å²) in [5.74, 6) is -0.287. The van der Waals surface area contributed by atoms with Crippen molar-refractivity contribution in [2.45, 2.75) is 0 Å². The Kier molecular flexibility index (Phi) is 3.30. The molecule has 5 heteroatoms. The van der Waals surface area contributed by atoms with Crippen molar-refractivity contribution in [3.05, 3.63) is 35.0 Å². The molecule has 0 radical (unpaired) electrons. The lowest BCUT2D eigenvalue weighted by atomic mass is 10.2. The molecule has 0 spiro atoms. The molecule has 0 atom stereocenters. The first-order chi connectivity index (χ1) is 8.54. The Morgan fingerprint density at radius 2 is 2.22 bits per heavy atom. The number of halogens is 1. The van der Waals surface area contributed by atoms with E-state index >= 15 is 0 Å². The third-order valence-corrected chi connectivity index (χ3v) is 3.09. The molecule has 0 bridgehead atoms. The smallest absolute Gasteiger partial charge is 0.328 e. The van der Waals surface area contributed by atoms with Gasteiger partial charge in [-0.3, -0.25) is 0 Å². The number of ether oxygens (including phenoxy) is 1. The number of aliphatic carboxylic acids is 1. The van der Waals surface area contributed by atoms with Crippen molar-refractivity contribution >= 4 is 34.5 Å². The molecule has 2 rings (SSSR count). The van der Waals surface area contributed by atoms with Crippen LogP contribution in [0.5, 0.6) is 5.75 Å². The molecule has 0 saturated heterocycles. The molecule has 2 aromatic rings. The van der Waals surface area contributed by atoms with E-state index in [1.54, 1.807) is 19.2 Å². The fraction of sp³-hybridized carbons (Fsp3) is 0.154. The van der Waals surface area contributed by atoms with E-state index in [0.717, 1.165) is 22.7 Å². The van der Waals surface area contributed by atoms with Crippen LogP contribution in [-0.4, -0.2) is 22.8 Å². The van der Waals surface area contributed by atoms with Gasteiger partial charge in [0.1, 0.15) is 5.75 Å². The number of methoxy groups -OCH3 is 1. The van der Waals surface area contributed by atoms with Gasteiger partial charge < -0.3 is 14.4 Å². The van der Waals surface area contributed by atoms with Crippen LogP contribution >= 0.6 is 11.6 Å². The quantitative estimate of drug-likeness (QED) is 0.868.